The van der Waals surface area contributed by atoms with Gasteiger partial charge in [-0.15, -0.1) is 0 Å². The summed E-state index contributed by atoms with van der Waals surface area (Å²) in [6.45, 7) is 0.602. The van der Waals surface area contributed by atoms with Crippen molar-refractivity contribution in [1.82, 2.24) is 4.98 Å². The first-order chi connectivity index (χ1) is 9.08. The summed E-state index contributed by atoms with van der Waals surface area (Å²) in [6.07, 6.45) is 3.36. The third-order valence-corrected chi connectivity index (χ3v) is 4.23. The molecule has 0 saturated carbocycles. The second kappa shape index (κ2) is 5.87. The van der Waals surface area contributed by atoms with Crippen molar-refractivity contribution in [2.45, 2.75) is 18.1 Å². The fourth-order valence-corrected chi connectivity index (χ4v) is 3.06. The fraction of sp³-hybridized carbons (Fsp3) is 0.455. The van der Waals surface area contributed by atoms with Crippen molar-refractivity contribution in [3.8, 4) is 0 Å². The predicted octanol–water partition coefficient (Wildman–Crippen LogP) is 2.00. The third-order valence-electron chi connectivity index (χ3n) is 2.83. The minimum absolute atomic E-state index is 0.127. The van der Waals surface area contributed by atoms with E-state index in [0.29, 0.717) is 11.8 Å². The second-order valence-corrected chi connectivity index (χ2v) is 5.58. The van der Waals surface area contributed by atoms with E-state index in [0.717, 1.165) is 30.9 Å². The van der Waals surface area contributed by atoms with Crippen molar-refractivity contribution in [2.75, 3.05) is 17.6 Å². The lowest BCUT2D eigenvalue weighted by atomic mass is 10.2. The number of carboxylic acid groups (broad SMARTS) is 1. The smallest absolute Gasteiger partial charge is 0.337 e. The summed E-state index contributed by atoms with van der Waals surface area (Å²) < 4.78 is 0. The molecule has 19 heavy (non-hydrogen) atoms. The highest BCUT2D eigenvalue weighted by atomic mass is 32.2. The van der Waals surface area contributed by atoms with Gasteiger partial charge in [0.05, 0.1) is 10.5 Å². The molecule has 0 amide bonds. The van der Waals surface area contributed by atoms with Crippen molar-refractivity contribution >= 4 is 29.2 Å². The lowest BCUT2D eigenvalue weighted by Gasteiger charge is -2.10. The van der Waals surface area contributed by atoms with Gasteiger partial charge in [-0.25, -0.2) is 9.78 Å². The van der Waals surface area contributed by atoms with E-state index in [1.807, 2.05) is 11.8 Å². The topological polar surface area (TPSA) is 105 Å². The minimum Gasteiger partial charge on any atom is -0.478 e. The van der Waals surface area contributed by atoms with Gasteiger partial charge in [-0.3, -0.25) is 10.1 Å². The molecular formula is C11H13N3O4S. The van der Waals surface area contributed by atoms with Crippen LogP contribution in [-0.4, -0.2) is 38.5 Å². The first kappa shape index (κ1) is 13.6. The molecule has 2 rings (SSSR count). The molecule has 1 aromatic heterocycles. The van der Waals surface area contributed by atoms with Gasteiger partial charge >= 0.3 is 11.7 Å². The van der Waals surface area contributed by atoms with Crippen molar-refractivity contribution < 1.29 is 14.8 Å². The summed E-state index contributed by atoms with van der Waals surface area (Å²) in [5.74, 6) is 0.0100. The third kappa shape index (κ3) is 3.34. The minimum atomic E-state index is -1.23. The molecule has 8 heteroatoms. The Morgan fingerprint density at radius 1 is 1.68 bits per heavy atom. The van der Waals surface area contributed by atoms with Gasteiger partial charge in [-0.05, 0) is 18.6 Å². The van der Waals surface area contributed by atoms with E-state index >= 15 is 0 Å². The average molecular weight is 283 g/mol. The van der Waals surface area contributed by atoms with Gasteiger partial charge in [0.25, 0.3) is 0 Å². The number of hydrogen-bond donors (Lipinski definition) is 2. The molecule has 0 radical (unpaired) electrons. The first-order valence-corrected chi connectivity index (χ1v) is 6.86. The van der Waals surface area contributed by atoms with Gasteiger partial charge in [-0.2, -0.15) is 11.8 Å². The van der Waals surface area contributed by atoms with Gasteiger partial charge < -0.3 is 10.4 Å². The zero-order valence-corrected chi connectivity index (χ0v) is 10.9. The van der Waals surface area contributed by atoms with Crippen LogP contribution < -0.4 is 5.32 Å². The van der Waals surface area contributed by atoms with Gasteiger partial charge in [0, 0.05) is 24.1 Å². The number of rotatable bonds is 5. The maximum absolute atomic E-state index is 10.9. The van der Waals surface area contributed by atoms with Gasteiger partial charge in [0.2, 0.25) is 5.82 Å². The molecule has 1 aliphatic heterocycles. The molecule has 0 aliphatic carbocycles. The van der Waals surface area contributed by atoms with Crippen LogP contribution in [0.2, 0.25) is 0 Å². The molecule has 1 saturated heterocycles. The Labute approximate surface area is 113 Å². The van der Waals surface area contributed by atoms with Crippen LogP contribution in [0.25, 0.3) is 0 Å². The molecule has 2 N–H and O–H groups in total. The molecule has 0 bridgehead atoms. The fourth-order valence-electron chi connectivity index (χ4n) is 1.86. The summed E-state index contributed by atoms with van der Waals surface area (Å²) in [6, 6.07) is 1.03. The number of carboxylic acids is 1. The van der Waals surface area contributed by atoms with Crippen LogP contribution in [0.5, 0.6) is 0 Å². The number of hydrogen-bond acceptors (Lipinski definition) is 6. The van der Waals surface area contributed by atoms with Crippen molar-refractivity contribution in [2.24, 2.45) is 0 Å². The summed E-state index contributed by atoms with van der Waals surface area (Å²) in [7, 11) is 0. The summed E-state index contributed by atoms with van der Waals surface area (Å²) in [5, 5.41) is 23.1. The van der Waals surface area contributed by atoms with E-state index in [-0.39, 0.29) is 17.1 Å². The summed E-state index contributed by atoms with van der Waals surface area (Å²) in [5.41, 5.74) is -0.490. The SMILES string of the molecule is O=C(O)c1cnc(NCC2CCCS2)c([N+](=O)[O-])c1. The van der Waals surface area contributed by atoms with Gasteiger partial charge in [0.15, 0.2) is 0 Å². The Bertz CT molecular complexity index is 503. The van der Waals surface area contributed by atoms with Crippen LogP contribution in [0.4, 0.5) is 11.5 Å². The first-order valence-electron chi connectivity index (χ1n) is 5.81. The highest BCUT2D eigenvalue weighted by molar-refractivity contribution is 8.00. The van der Waals surface area contributed by atoms with E-state index in [4.69, 9.17) is 5.11 Å². The van der Waals surface area contributed by atoms with E-state index in [1.54, 1.807) is 0 Å². The summed E-state index contributed by atoms with van der Waals surface area (Å²) in [4.78, 5) is 24.9. The van der Waals surface area contributed by atoms with Crippen LogP contribution in [0.1, 0.15) is 23.2 Å². The van der Waals surface area contributed by atoms with Crippen LogP contribution in [0.3, 0.4) is 0 Å². The van der Waals surface area contributed by atoms with E-state index in [2.05, 4.69) is 10.3 Å². The molecule has 102 valence electrons. The Hall–Kier alpha value is -1.83. The largest absolute Gasteiger partial charge is 0.478 e. The van der Waals surface area contributed by atoms with E-state index in [1.165, 1.54) is 0 Å². The Balaban J connectivity index is 2.14. The maximum atomic E-state index is 10.9. The van der Waals surface area contributed by atoms with Crippen LogP contribution in [0.15, 0.2) is 12.3 Å². The number of thioether (sulfide) groups is 1. The molecule has 2 heterocycles. The van der Waals surface area contributed by atoms with E-state index in [9.17, 15) is 14.9 Å². The zero-order valence-electron chi connectivity index (χ0n) is 10.0. The second-order valence-electron chi connectivity index (χ2n) is 4.17. The maximum Gasteiger partial charge on any atom is 0.337 e. The molecule has 1 aliphatic rings. The molecule has 0 spiro atoms. The number of pyridine rings is 1. The highest BCUT2D eigenvalue weighted by Crippen LogP contribution is 2.28. The molecule has 1 atom stereocenters. The molecule has 1 fully saturated rings. The Kier molecular flexibility index (Phi) is 4.20. The molecule has 1 aromatic rings. The van der Waals surface area contributed by atoms with Gasteiger partial charge in [-0.1, -0.05) is 0 Å². The predicted molar refractivity (Wildman–Crippen MR) is 71.8 cm³/mol. The quantitative estimate of drug-likeness (QED) is 0.628. The summed E-state index contributed by atoms with van der Waals surface area (Å²) >= 11 is 1.83. The number of carbonyl (C=O) groups is 1. The van der Waals surface area contributed by atoms with Crippen LogP contribution in [-0.2, 0) is 0 Å². The zero-order chi connectivity index (χ0) is 13.8. The van der Waals surface area contributed by atoms with Gasteiger partial charge in [0.1, 0.15) is 0 Å². The van der Waals surface area contributed by atoms with Crippen molar-refractivity contribution in [1.29, 1.82) is 0 Å². The number of nitrogens with zero attached hydrogens (tertiary/aromatic N) is 2. The highest BCUT2D eigenvalue weighted by Gasteiger charge is 2.21. The molecule has 0 aromatic carbocycles. The number of nitrogens with one attached hydrogen (secondary N) is 1. The number of nitro groups is 1. The lowest BCUT2D eigenvalue weighted by Crippen LogP contribution is -2.15. The van der Waals surface area contributed by atoms with E-state index < -0.39 is 10.9 Å². The van der Waals surface area contributed by atoms with Crippen LogP contribution in [0, 0.1) is 10.1 Å². The average Bonchev–Trinajstić information content (AvgIpc) is 2.89. The Morgan fingerprint density at radius 2 is 2.47 bits per heavy atom. The molecule has 7 nitrogen and oxygen atoms in total. The van der Waals surface area contributed by atoms with Crippen molar-refractivity contribution in [3.05, 3.63) is 27.9 Å². The van der Waals surface area contributed by atoms with Crippen LogP contribution >= 0.6 is 11.8 Å². The molecule has 1 unspecified atom stereocenters. The lowest BCUT2D eigenvalue weighted by molar-refractivity contribution is -0.384. The standard InChI is InChI=1S/C11H13N3O4S/c15-11(16)7-4-9(14(17)18)10(12-5-7)13-6-8-2-1-3-19-8/h4-5,8H,1-3,6H2,(H,12,13)(H,15,16). The Morgan fingerprint density at radius 3 is 3.05 bits per heavy atom. The number of aromatic carboxylic acids is 1. The molecular weight excluding hydrogens is 270 g/mol. The van der Waals surface area contributed by atoms with Crippen molar-refractivity contribution in [3.63, 3.8) is 0 Å². The normalized spacial score (nSPS) is 18.2. The number of aromatic nitrogens is 1. The number of anilines is 1. The monoisotopic (exact) mass is 283 g/mol.